The van der Waals surface area contributed by atoms with Crippen molar-refractivity contribution in [2.75, 3.05) is 39.4 Å². The molecule has 0 aromatic heterocycles. The molecule has 0 saturated heterocycles. The van der Waals surface area contributed by atoms with Crippen LogP contribution in [0.1, 0.15) is 47.5 Å². The highest BCUT2D eigenvalue weighted by Gasteiger charge is 2.27. The smallest absolute Gasteiger partial charge is 0.372 e. The maximum atomic E-state index is 11.9. The molecule has 0 fully saturated rings. The number of ether oxygens (including phenoxy) is 1. The number of hydrogen-bond acceptors (Lipinski definition) is 3. The van der Waals surface area contributed by atoms with Crippen LogP contribution in [0.2, 0.25) is 0 Å². The molecule has 0 aliphatic carbocycles. The zero-order chi connectivity index (χ0) is 19.3. The second-order valence-electron chi connectivity index (χ2n) is 6.49. The lowest BCUT2D eigenvalue weighted by Gasteiger charge is -2.30. The Labute approximate surface area is 173 Å². The lowest BCUT2D eigenvalue weighted by molar-refractivity contribution is -0.173. The maximum absolute atomic E-state index is 11.9. The number of nitrogens with one attached hydrogen (secondary N) is 2. The summed E-state index contributed by atoms with van der Waals surface area (Å²) in [5.41, 5.74) is 0. The summed E-state index contributed by atoms with van der Waals surface area (Å²) >= 11 is 0. The Bertz CT molecular complexity index is 358. The van der Waals surface area contributed by atoms with E-state index in [1.807, 2.05) is 6.92 Å². The van der Waals surface area contributed by atoms with Crippen LogP contribution in [-0.2, 0) is 4.74 Å². The Morgan fingerprint density at radius 2 is 1.69 bits per heavy atom. The summed E-state index contributed by atoms with van der Waals surface area (Å²) < 4.78 is 40.4. The van der Waals surface area contributed by atoms with Crippen LogP contribution in [0.15, 0.2) is 4.99 Å². The van der Waals surface area contributed by atoms with Crippen molar-refractivity contribution in [1.29, 1.82) is 0 Å². The van der Waals surface area contributed by atoms with Crippen molar-refractivity contribution in [2.45, 2.75) is 65.7 Å². The van der Waals surface area contributed by atoms with Crippen molar-refractivity contribution in [1.82, 2.24) is 15.5 Å². The van der Waals surface area contributed by atoms with E-state index in [9.17, 15) is 13.2 Å². The molecule has 0 unspecified atom stereocenters. The molecule has 5 nitrogen and oxygen atoms in total. The zero-order valence-electron chi connectivity index (χ0n) is 16.7. The van der Waals surface area contributed by atoms with E-state index in [4.69, 9.17) is 0 Å². The van der Waals surface area contributed by atoms with E-state index in [2.05, 4.69) is 53.0 Å². The fourth-order valence-corrected chi connectivity index (χ4v) is 2.47. The minimum atomic E-state index is -4.26. The molecule has 2 N–H and O–H groups in total. The Kier molecular flexibility index (Phi) is 16.9. The van der Waals surface area contributed by atoms with Gasteiger partial charge in [0.2, 0.25) is 0 Å². The molecule has 0 aromatic carbocycles. The van der Waals surface area contributed by atoms with Crippen molar-refractivity contribution in [3.8, 4) is 0 Å². The van der Waals surface area contributed by atoms with Crippen LogP contribution in [0.4, 0.5) is 13.2 Å². The third-order valence-electron chi connectivity index (χ3n) is 3.54. The number of hydrogen-bond donors (Lipinski definition) is 2. The molecule has 0 amide bonds. The highest BCUT2D eigenvalue weighted by atomic mass is 127. The molecule has 158 valence electrons. The largest absolute Gasteiger partial charge is 0.411 e. The maximum Gasteiger partial charge on any atom is 0.411 e. The summed E-state index contributed by atoms with van der Waals surface area (Å²) in [5.74, 6) is 0.693. The molecule has 0 spiro atoms. The predicted molar refractivity (Wildman–Crippen MR) is 112 cm³/mol. The van der Waals surface area contributed by atoms with Gasteiger partial charge in [0, 0.05) is 44.9 Å². The van der Waals surface area contributed by atoms with Gasteiger partial charge in [-0.1, -0.05) is 0 Å². The molecule has 26 heavy (non-hydrogen) atoms. The van der Waals surface area contributed by atoms with Crippen molar-refractivity contribution in [2.24, 2.45) is 4.99 Å². The number of guanidine groups is 1. The van der Waals surface area contributed by atoms with Gasteiger partial charge < -0.3 is 15.4 Å². The standard InChI is InChI=1S/C17H35F3N4O.HI/c1-6-21-16(23-10-8-12-25-13-17(18,19)20)22-9-7-11-24(14(2)3)15(4)5;/h14-15H,6-13H2,1-5H3,(H2,21,22,23);1H. The Hall–Kier alpha value is -0.290. The molecular weight excluding hydrogens is 460 g/mol. The van der Waals surface area contributed by atoms with Gasteiger partial charge in [0.05, 0.1) is 0 Å². The average Bonchev–Trinajstić information content (AvgIpc) is 2.48. The van der Waals surface area contributed by atoms with E-state index in [0.29, 0.717) is 31.0 Å². The highest BCUT2D eigenvalue weighted by Crippen LogP contribution is 2.14. The van der Waals surface area contributed by atoms with E-state index in [1.54, 1.807) is 0 Å². The van der Waals surface area contributed by atoms with Crippen LogP contribution >= 0.6 is 24.0 Å². The van der Waals surface area contributed by atoms with Gasteiger partial charge in [0.25, 0.3) is 0 Å². The van der Waals surface area contributed by atoms with E-state index in [-0.39, 0.29) is 30.6 Å². The Morgan fingerprint density at radius 3 is 2.19 bits per heavy atom. The molecule has 9 heteroatoms. The number of aliphatic imine (C=N–C) groups is 1. The van der Waals surface area contributed by atoms with Gasteiger partial charge in [-0.25, -0.2) is 0 Å². The SMILES string of the molecule is CCNC(=NCCCOCC(F)(F)F)NCCCN(C(C)C)C(C)C.I. The van der Waals surface area contributed by atoms with Gasteiger partial charge in [-0.05, 0) is 47.5 Å². The number of rotatable bonds is 12. The fourth-order valence-electron chi connectivity index (χ4n) is 2.47. The summed E-state index contributed by atoms with van der Waals surface area (Å²) in [4.78, 5) is 6.79. The molecule has 0 aromatic rings. The van der Waals surface area contributed by atoms with Gasteiger partial charge in [0.15, 0.2) is 5.96 Å². The first-order chi connectivity index (χ1) is 11.7. The van der Waals surface area contributed by atoms with E-state index in [0.717, 1.165) is 26.1 Å². The van der Waals surface area contributed by atoms with E-state index >= 15 is 0 Å². The van der Waals surface area contributed by atoms with Crippen LogP contribution in [0.25, 0.3) is 0 Å². The van der Waals surface area contributed by atoms with Gasteiger partial charge >= 0.3 is 6.18 Å². The summed E-state index contributed by atoms with van der Waals surface area (Å²) in [5, 5.41) is 6.40. The second kappa shape index (κ2) is 15.7. The van der Waals surface area contributed by atoms with Crippen LogP contribution in [0.3, 0.4) is 0 Å². The molecule has 0 radical (unpaired) electrons. The topological polar surface area (TPSA) is 48.9 Å². The van der Waals surface area contributed by atoms with Crippen LogP contribution in [0, 0.1) is 0 Å². The van der Waals surface area contributed by atoms with Crippen LogP contribution < -0.4 is 10.6 Å². The Balaban J connectivity index is 0. The summed E-state index contributed by atoms with van der Waals surface area (Å²) in [6, 6.07) is 1.03. The molecule has 0 atom stereocenters. The number of halogens is 4. The van der Waals surface area contributed by atoms with E-state index in [1.165, 1.54) is 0 Å². The molecule has 0 aliphatic heterocycles. The first-order valence-corrected chi connectivity index (χ1v) is 9.09. The van der Waals surface area contributed by atoms with Crippen molar-refractivity contribution >= 4 is 29.9 Å². The summed E-state index contributed by atoms with van der Waals surface area (Å²) in [6.07, 6.45) is -2.81. The quantitative estimate of drug-likeness (QED) is 0.188. The lowest BCUT2D eigenvalue weighted by Crippen LogP contribution is -2.41. The third kappa shape index (κ3) is 15.9. The van der Waals surface area contributed by atoms with Crippen molar-refractivity contribution in [3.63, 3.8) is 0 Å². The van der Waals surface area contributed by atoms with Crippen molar-refractivity contribution < 1.29 is 17.9 Å². The van der Waals surface area contributed by atoms with Crippen LogP contribution in [-0.4, -0.2) is 68.5 Å². The minimum absolute atomic E-state index is 0. The summed E-state index contributed by atoms with van der Waals surface area (Å²) in [6.45, 7) is 12.6. The number of nitrogens with zero attached hydrogens (tertiary/aromatic N) is 2. The first-order valence-electron chi connectivity index (χ1n) is 9.09. The molecule has 0 heterocycles. The third-order valence-corrected chi connectivity index (χ3v) is 3.54. The molecule has 0 rings (SSSR count). The van der Waals surface area contributed by atoms with Gasteiger partial charge in [-0.15, -0.1) is 24.0 Å². The van der Waals surface area contributed by atoms with Gasteiger partial charge in [-0.2, -0.15) is 13.2 Å². The summed E-state index contributed by atoms with van der Waals surface area (Å²) in [7, 11) is 0. The second-order valence-corrected chi connectivity index (χ2v) is 6.49. The highest BCUT2D eigenvalue weighted by molar-refractivity contribution is 14.0. The molecular formula is C17H36F3IN4O. The monoisotopic (exact) mass is 496 g/mol. The molecule has 0 aliphatic rings. The van der Waals surface area contributed by atoms with E-state index < -0.39 is 12.8 Å². The van der Waals surface area contributed by atoms with Gasteiger partial charge in [0.1, 0.15) is 6.61 Å². The average molecular weight is 496 g/mol. The molecule has 0 saturated carbocycles. The normalized spacial score (nSPS) is 12.7. The Morgan fingerprint density at radius 1 is 1.08 bits per heavy atom. The van der Waals surface area contributed by atoms with Gasteiger partial charge in [-0.3, -0.25) is 9.89 Å². The van der Waals surface area contributed by atoms with Crippen LogP contribution in [0.5, 0.6) is 0 Å². The predicted octanol–water partition coefficient (Wildman–Crippen LogP) is 3.64. The van der Waals surface area contributed by atoms with Crippen molar-refractivity contribution in [3.05, 3.63) is 0 Å². The molecule has 0 bridgehead atoms. The lowest BCUT2D eigenvalue weighted by atomic mass is 10.2. The fraction of sp³-hybridized carbons (Fsp3) is 0.941. The minimum Gasteiger partial charge on any atom is -0.372 e. The zero-order valence-corrected chi connectivity index (χ0v) is 19.0. The first kappa shape index (κ1) is 27.9. The number of alkyl halides is 3.